The van der Waals surface area contributed by atoms with Crippen LogP contribution in [0.4, 0.5) is 0 Å². The van der Waals surface area contributed by atoms with Crippen LogP contribution in [-0.2, 0) is 19.1 Å². The van der Waals surface area contributed by atoms with Gasteiger partial charge in [0, 0.05) is 6.54 Å². The standard InChI is InChI=1S/C17H25N3O4.ClH/c1-11(2)15(18)16(22)20-10-14(21)19-9-13(17(23)24-3)12-7-5-4-6-8-12;/h4-8,11,13,15H,9-10,18H2,1-3H3,(H,19,21)(H,20,22);1H/t13?,15-;/m0./s1. The highest BCUT2D eigenvalue weighted by atomic mass is 35.5. The SMILES string of the molecule is COC(=O)C(CNC(=O)CNC(=O)[C@@H](N)C(C)C)c1ccccc1.Cl. The number of benzene rings is 1. The first-order chi connectivity index (χ1) is 11.4. The Kier molecular flexibility index (Phi) is 10.5. The van der Waals surface area contributed by atoms with Crippen LogP contribution in [0.5, 0.6) is 0 Å². The van der Waals surface area contributed by atoms with E-state index in [4.69, 9.17) is 10.5 Å². The molecule has 2 atom stereocenters. The van der Waals surface area contributed by atoms with Crippen LogP contribution < -0.4 is 16.4 Å². The maximum absolute atomic E-state index is 11.9. The smallest absolute Gasteiger partial charge is 0.314 e. The molecule has 1 aromatic rings. The van der Waals surface area contributed by atoms with Gasteiger partial charge in [0.25, 0.3) is 0 Å². The van der Waals surface area contributed by atoms with Gasteiger partial charge in [-0.3, -0.25) is 14.4 Å². The van der Waals surface area contributed by atoms with Gasteiger partial charge in [-0.15, -0.1) is 12.4 Å². The summed E-state index contributed by atoms with van der Waals surface area (Å²) in [6.07, 6.45) is 0. The number of halogens is 1. The zero-order chi connectivity index (χ0) is 18.1. The van der Waals surface area contributed by atoms with Crippen LogP contribution in [0, 0.1) is 5.92 Å². The van der Waals surface area contributed by atoms with E-state index in [1.54, 1.807) is 24.3 Å². The first-order valence-electron chi connectivity index (χ1n) is 7.79. The summed E-state index contributed by atoms with van der Waals surface area (Å²) < 4.78 is 4.78. The third-order valence-corrected chi connectivity index (χ3v) is 3.64. The van der Waals surface area contributed by atoms with Crippen molar-refractivity contribution in [3.05, 3.63) is 35.9 Å². The van der Waals surface area contributed by atoms with E-state index < -0.39 is 23.8 Å². The number of methoxy groups -OCH3 is 1. The van der Waals surface area contributed by atoms with Gasteiger partial charge in [-0.05, 0) is 11.5 Å². The normalized spacial score (nSPS) is 12.5. The minimum absolute atomic E-state index is 0. The van der Waals surface area contributed by atoms with E-state index >= 15 is 0 Å². The molecule has 0 radical (unpaired) electrons. The summed E-state index contributed by atoms with van der Waals surface area (Å²) in [7, 11) is 1.30. The lowest BCUT2D eigenvalue weighted by atomic mass is 9.99. The first kappa shape index (κ1) is 22.9. The lowest BCUT2D eigenvalue weighted by Crippen LogP contribution is -2.47. The Balaban J connectivity index is 0.00000576. The molecule has 140 valence electrons. The Morgan fingerprint density at radius 1 is 1.12 bits per heavy atom. The third-order valence-electron chi connectivity index (χ3n) is 3.64. The largest absolute Gasteiger partial charge is 0.468 e. The maximum atomic E-state index is 11.9. The predicted molar refractivity (Wildman–Crippen MR) is 97.3 cm³/mol. The van der Waals surface area contributed by atoms with E-state index in [0.29, 0.717) is 0 Å². The van der Waals surface area contributed by atoms with Gasteiger partial charge in [0.2, 0.25) is 11.8 Å². The van der Waals surface area contributed by atoms with Crippen molar-refractivity contribution in [2.75, 3.05) is 20.2 Å². The fourth-order valence-electron chi connectivity index (χ4n) is 2.03. The van der Waals surface area contributed by atoms with Crippen molar-refractivity contribution in [3.8, 4) is 0 Å². The average Bonchev–Trinajstić information content (AvgIpc) is 2.59. The van der Waals surface area contributed by atoms with Gasteiger partial charge >= 0.3 is 5.97 Å². The van der Waals surface area contributed by atoms with Crippen molar-refractivity contribution < 1.29 is 19.1 Å². The summed E-state index contributed by atoms with van der Waals surface area (Å²) in [5, 5.41) is 5.10. The highest BCUT2D eigenvalue weighted by Gasteiger charge is 2.22. The van der Waals surface area contributed by atoms with E-state index in [1.807, 2.05) is 19.9 Å². The fourth-order valence-corrected chi connectivity index (χ4v) is 2.03. The zero-order valence-corrected chi connectivity index (χ0v) is 15.5. The summed E-state index contributed by atoms with van der Waals surface area (Å²) >= 11 is 0. The molecule has 0 saturated carbocycles. The lowest BCUT2D eigenvalue weighted by molar-refractivity contribution is -0.142. The number of amides is 2. The summed E-state index contributed by atoms with van der Waals surface area (Å²) in [5.41, 5.74) is 6.44. The molecule has 25 heavy (non-hydrogen) atoms. The Morgan fingerprint density at radius 3 is 2.24 bits per heavy atom. The second kappa shape index (κ2) is 11.4. The van der Waals surface area contributed by atoms with Gasteiger partial charge in [-0.2, -0.15) is 0 Å². The Labute approximate surface area is 154 Å². The third kappa shape index (κ3) is 7.53. The molecular weight excluding hydrogens is 346 g/mol. The van der Waals surface area contributed by atoms with Crippen LogP contribution in [0.15, 0.2) is 30.3 Å². The van der Waals surface area contributed by atoms with Crippen molar-refractivity contribution >= 4 is 30.2 Å². The summed E-state index contributed by atoms with van der Waals surface area (Å²) in [4.78, 5) is 35.5. The highest BCUT2D eigenvalue weighted by molar-refractivity contribution is 5.88. The second-order valence-electron chi connectivity index (χ2n) is 5.78. The molecule has 0 spiro atoms. The molecule has 7 nitrogen and oxygen atoms in total. The van der Waals surface area contributed by atoms with Crippen molar-refractivity contribution in [1.82, 2.24) is 10.6 Å². The van der Waals surface area contributed by atoms with Gasteiger partial charge in [0.15, 0.2) is 0 Å². The molecule has 0 aliphatic heterocycles. The number of esters is 1. The van der Waals surface area contributed by atoms with Crippen molar-refractivity contribution in [3.63, 3.8) is 0 Å². The van der Waals surface area contributed by atoms with Crippen LogP contribution in [0.1, 0.15) is 25.3 Å². The zero-order valence-electron chi connectivity index (χ0n) is 14.7. The van der Waals surface area contributed by atoms with Gasteiger partial charge in [0.05, 0.1) is 25.6 Å². The van der Waals surface area contributed by atoms with Crippen LogP contribution in [-0.4, -0.2) is 44.0 Å². The number of carbonyl (C=O) groups excluding carboxylic acids is 3. The molecule has 4 N–H and O–H groups in total. The molecule has 0 fully saturated rings. The van der Waals surface area contributed by atoms with Crippen molar-refractivity contribution in [2.45, 2.75) is 25.8 Å². The van der Waals surface area contributed by atoms with Gasteiger partial charge < -0.3 is 21.1 Å². The Morgan fingerprint density at radius 2 is 1.72 bits per heavy atom. The van der Waals surface area contributed by atoms with Crippen LogP contribution in [0.3, 0.4) is 0 Å². The number of carbonyl (C=O) groups is 3. The molecule has 2 amide bonds. The van der Waals surface area contributed by atoms with Crippen LogP contribution in [0.25, 0.3) is 0 Å². The number of ether oxygens (including phenoxy) is 1. The van der Waals surface area contributed by atoms with E-state index in [-0.39, 0.29) is 37.3 Å². The number of hydrogen-bond acceptors (Lipinski definition) is 5. The summed E-state index contributed by atoms with van der Waals surface area (Å²) in [6.45, 7) is 3.54. The predicted octanol–water partition coefficient (Wildman–Crippen LogP) is 0.581. The molecule has 0 aliphatic rings. The molecule has 0 saturated heterocycles. The van der Waals surface area contributed by atoms with E-state index in [1.165, 1.54) is 7.11 Å². The van der Waals surface area contributed by atoms with E-state index in [2.05, 4.69) is 10.6 Å². The summed E-state index contributed by atoms with van der Waals surface area (Å²) in [5.74, 6) is -1.84. The minimum atomic E-state index is -0.662. The molecule has 8 heteroatoms. The van der Waals surface area contributed by atoms with Gasteiger partial charge in [-0.25, -0.2) is 0 Å². The van der Waals surface area contributed by atoms with Crippen LogP contribution in [0.2, 0.25) is 0 Å². The van der Waals surface area contributed by atoms with Crippen molar-refractivity contribution in [1.29, 1.82) is 0 Å². The van der Waals surface area contributed by atoms with E-state index in [9.17, 15) is 14.4 Å². The molecule has 0 bridgehead atoms. The first-order valence-corrected chi connectivity index (χ1v) is 7.79. The number of rotatable bonds is 8. The van der Waals surface area contributed by atoms with E-state index in [0.717, 1.165) is 5.56 Å². The van der Waals surface area contributed by atoms with Gasteiger partial charge in [0.1, 0.15) is 0 Å². The Bertz CT molecular complexity index is 566. The summed E-state index contributed by atoms with van der Waals surface area (Å²) in [6, 6.07) is 8.37. The Hall–Kier alpha value is -2.12. The number of nitrogens with two attached hydrogens (primary N) is 1. The number of hydrogen-bond donors (Lipinski definition) is 3. The quantitative estimate of drug-likeness (QED) is 0.579. The second-order valence-corrected chi connectivity index (χ2v) is 5.78. The van der Waals surface area contributed by atoms with Crippen molar-refractivity contribution in [2.24, 2.45) is 11.7 Å². The molecule has 1 unspecified atom stereocenters. The fraction of sp³-hybridized carbons (Fsp3) is 0.471. The highest BCUT2D eigenvalue weighted by Crippen LogP contribution is 2.16. The molecular formula is C17H26ClN3O4. The average molecular weight is 372 g/mol. The molecule has 1 rings (SSSR count). The molecule has 0 heterocycles. The number of nitrogens with one attached hydrogen (secondary N) is 2. The minimum Gasteiger partial charge on any atom is -0.468 e. The topological polar surface area (TPSA) is 111 Å². The van der Waals surface area contributed by atoms with Crippen LogP contribution >= 0.6 is 12.4 Å². The maximum Gasteiger partial charge on any atom is 0.314 e. The molecule has 0 aromatic heterocycles. The molecule has 1 aromatic carbocycles. The monoisotopic (exact) mass is 371 g/mol. The lowest BCUT2D eigenvalue weighted by Gasteiger charge is -2.17. The van der Waals surface area contributed by atoms with Gasteiger partial charge in [-0.1, -0.05) is 44.2 Å². The molecule has 0 aliphatic carbocycles.